The SMILES string of the molecule is NC(Cc1cccc(F)c1F)c1ccc(Br)cc1F. The number of benzene rings is 2. The van der Waals surface area contributed by atoms with Gasteiger partial charge in [-0.25, -0.2) is 13.2 Å². The topological polar surface area (TPSA) is 26.0 Å². The van der Waals surface area contributed by atoms with E-state index in [0.29, 0.717) is 4.47 Å². The first kappa shape index (κ1) is 14.1. The molecule has 1 unspecified atom stereocenters. The van der Waals surface area contributed by atoms with E-state index in [2.05, 4.69) is 15.9 Å². The summed E-state index contributed by atoms with van der Waals surface area (Å²) < 4.78 is 40.9. The number of rotatable bonds is 3. The molecule has 0 radical (unpaired) electrons. The highest BCUT2D eigenvalue weighted by Gasteiger charge is 2.16. The molecule has 5 heteroatoms. The Morgan fingerprint density at radius 1 is 1.05 bits per heavy atom. The average molecular weight is 330 g/mol. The Morgan fingerprint density at radius 3 is 2.47 bits per heavy atom. The molecule has 19 heavy (non-hydrogen) atoms. The number of nitrogens with two attached hydrogens (primary N) is 1. The molecule has 0 aliphatic heterocycles. The number of halogens is 4. The summed E-state index contributed by atoms with van der Waals surface area (Å²) in [5.41, 5.74) is 6.26. The molecule has 100 valence electrons. The van der Waals surface area contributed by atoms with E-state index in [1.807, 2.05) is 0 Å². The Labute approximate surface area is 117 Å². The predicted octanol–water partition coefficient (Wildman–Crippen LogP) is 4.11. The van der Waals surface area contributed by atoms with E-state index in [-0.39, 0.29) is 17.5 Å². The van der Waals surface area contributed by atoms with E-state index in [0.717, 1.165) is 6.07 Å². The van der Waals surface area contributed by atoms with Crippen molar-refractivity contribution in [3.8, 4) is 0 Å². The van der Waals surface area contributed by atoms with Crippen molar-refractivity contribution >= 4 is 15.9 Å². The van der Waals surface area contributed by atoms with E-state index in [4.69, 9.17) is 5.73 Å². The molecule has 1 nitrogen and oxygen atoms in total. The maximum atomic E-state index is 13.7. The highest BCUT2D eigenvalue weighted by Crippen LogP contribution is 2.24. The molecule has 2 aromatic rings. The van der Waals surface area contributed by atoms with Crippen LogP contribution < -0.4 is 5.73 Å². The summed E-state index contributed by atoms with van der Waals surface area (Å²) in [6.45, 7) is 0. The fourth-order valence-corrected chi connectivity index (χ4v) is 2.19. The summed E-state index contributed by atoms with van der Waals surface area (Å²) in [6.07, 6.45) is 0.0299. The second-order valence-corrected chi connectivity index (χ2v) is 5.11. The summed E-state index contributed by atoms with van der Waals surface area (Å²) in [5.74, 6) is -2.34. The minimum Gasteiger partial charge on any atom is -0.324 e. The van der Waals surface area contributed by atoms with Crippen LogP contribution in [0.4, 0.5) is 13.2 Å². The van der Waals surface area contributed by atoms with Crippen LogP contribution in [0.3, 0.4) is 0 Å². The summed E-state index contributed by atoms with van der Waals surface area (Å²) in [7, 11) is 0. The Bertz CT molecular complexity index is 601. The molecule has 0 aliphatic carbocycles. The van der Waals surface area contributed by atoms with Crippen molar-refractivity contribution in [2.45, 2.75) is 12.5 Å². The lowest BCUT2D eigenvalue weighted by Crippen LogP contribution is -2.16. The van der Waals surface area contributed by atoms with Crippen molar-refractivity contribution in [2.24, 2.45) is 5.73 Å². The van der Waals surface area contributed by atoms with Gasteiger partial charge in [-0.2, -0.15) is 0 Å². The first-order valence-electron chi connectivity index (χ1n) is 5.62. The van der Waals surface area contributed by atoms with Gasteiger partial charge in [0.05, 0.1) is 0 Å². The monoisotopic (exact) mass is 329 g/mol. The zero-order valence-corrected chi connectivity index (χ0v) is 11.4. The van der Waals surface area contributed by atoms with Crippen molar-refractivity contribution in [3.05, 3.63) is 69.4 Å². The highest BCUT2D eigenvalue weighted by atomic mass is 79.9. The molecule has 0 bridgehead atoms. The smallest absolute Gasteiger partial charge is 0.162 e. The average Bonchev–Trinajstić information content (AvgIpc) is 2.34. The van der Waals surface area contributed by atoms with Crippen LogP contribution in [-0.4, -0.2) is 0 Å². The van der Waals surface area contributed by atoms with Gasteiger partial charge in [-0.05, 0) is 30.2 Å². The first-order chi connectivity index (χ1) is 8.99. The molecule has 0 spiro atoms. The standard InChI is InChI=1S/C14H11BrF3N/c15-9-4-5-10(12(17)7-9)13(19)6-8-2-1-3-11(16)14(8)18/h1-5,7,13H,6,19H2. The quantitative estimate of drug-likeness (QED) is 0.901. The van der Waals surface area contributed by atoms with Gasteiger partial charge in [0.1, 0.15) is 5.82 Å². The van der Waals surface area contributed by atoms with Crippen molar-refractivity contribution < 1.29 is 13.2 Å². The van der Waals surface area contributed by atoms with Crippen molar-refractivity contribution in [2.75, 3.05) is 0 Å². The van der Waals surface area contributed by atoms with Crippen LogP contribution in [0.25, 0.3) is 0 Å². The fourth-order valence-electron chi connectivity index (χ4n) is 1.86. The minimum atomic E-state index is -0.935. The predicted molar refractivity (Wildman–Crippen MR) is 71.1 cm³/mol. The molecule has 0 aliphatic rings. The molecule has 0 amide bonds. The second kappa shape index (κ2) is 5.75. The van der Waals surface area contributed by atoms with Crippen LogP contribution in [0.5, 0.6) is 0 Å². The zero-order chi connectivity index (χ0) is 14.0. The van der Waals surface area contributed by atoms with Crippen LogP contribution in [0.2, 0.25) is 0 Å². The van der Waals surface area contributed by atoms with E-state index in [1.54, 1.807) is 6.07 Å². The van der Waals surface area contributed by atoms with Crippen LogP contribution in [-0.2, 0) is 6.42 Å². The van der Waals surface area contributed by atoms with E-state index < -0.39 is 23.5 Å². The Hall–Kier alpha value is -1.33. The normalized spacial score (nSPS) is 12.5. The van der Waals surface area contributed by atoms with E-state index in [1.165, 1.54) is 24.3 Å². The first-order valence-corrected chi connectivity index (χ1v) is 6.41. The molecular formula is C14H11BrF3N. The second-order valence-electron chi connectivity index (χ2n) is 4.19. The van der Waals surface area contributed by atoms with Gasteiger partial charge in [-0.15, -0.1) is 0 Å². The van der Waals surface area contributed by atoms with Crippen LogP contribution in [0.15, 0.2) is 40.9 Å². The fraction of sp³-hybridized carbons (Fsp3) is 0.143. The summed E-state index contributed by atoms with van der Waals surface area (Å²) in [5, 5.41) is 0. The van der Waals surface area contributed by atoms with Crippen molar-refractivity contribution in [3.63, 3.8) is 0 Å². The van der Waals surface area contributed by atoms with Gasteiger partial charge in [0.25, 0.3) is 0 Å². The molecule has 2 aromatic carbocycles. The third kappa shape index (κ3) is 3.16. The molecule has 2 N–H and O–H groups in total. The van der Waals surface area contributed by atoms with Crippen LogP contribution >= 0.6 is 15.9 Å². The molecule has 0 fully saturated rings. The molecule has 2 rings (SSSR count). The lowest BCUT2D eigenvalue weighted by molar-refractivity contribution is 0.492. The lowest BCUT2D eigenvalue weighted by atomic mass is 9.99. The van der Waals surface area contributed by atoms with Gasteiger partial charge in [-0.1, -0.05) is 34.1 Å². The molecule has 0 heterocycles. The third-order valence-corrected chi connectivity index (χ3v) is 3.33. The maximum absolute atomic E-state index is 13.7. The van der Waals surface area contributed by atoms with Crippen LogP contribution in [0.1, 0.15) is 17.2 Å². The number of hydrogen-bond donors (Lipinski definition) is 1. The molecule has 0 saturated heterocycles. The van der Waals surface area contributed by atoms with Gasteiger partial charge in [-0.3, -0.25) is 0 Å². The summed E-state index contributed by atoms with van der Waals surface area (Å²) in [4.78, 5) is 0. The Balaban J connectivity index is 2.25. The van der Waals surface area contributed by atoms with Gasteiger partial charge < -0.3 is 5.73 Å². The molecule has 0 saturated carbocycles. The van der Waals surface area contributed by atoms with E-state index >= 15 is 0 Å². The molecule has 1 atom stereocenters. The zero-order valence-electron chi connectivity index (χ0n) is 9.84. The van der Waals surface area contributed by atoms with Gasteiger partial charge in [0.15, 0.2) is 11.6 Å². The lowest BCUT2D eigenvalue weighted by Gasteiger charge is -2.14. The summed E-state index contributed by atoms with van der Waals surface area (Å²) in [6, 6.07) is 7.61. The highest BCUT2D eigenvalue weighted by molar-refractivity contribution is 9.10. The van der Waals surface area contributed by atoms with Crippen molar-refractivity contribution in [1.29, 1.82) is 0 Å². The third-order valence-electron chi connectivity index (χ3n) is 2.83. The molecular weight excluding hydrogens is 319 g/mol. The van der Waals surface area contributed by atoms with Gasteiger partial charge in [0, 0.05) is 16.1 Å². The molecule has 0 aromatic heterocycles. The van der Waals surface area contributed by atoms with Gasteiger partial charge >= 0.3 is 0 Å². The largest absolute Gasteiger partial charge is 0.324 e. The van der Waals surface area contributed by atoms with Crippen molar-refractivity contribution in [1.82, 2.24) is 0 Å². The van der Waals surface area contributed by atoms with E-state index in [9.17, 15) is 13.2 Å². The maximum Gasteiger partial charge on any atom is 0.162 e. The Morgan fingerprint density at radius 2 is 1.79 bits per heavy atom. The summed E-state index contributed by atoms with van der Waals surface area (Å²) >= 11 is 3.14. The minimum absolute atomic E-state index is 0.0299. The number of hydrogen-bond acceptors (Lipinski definition) is 1. The Kier molecular flexibility index (Phi) is 4.27. The van der Waals surface area contributed by atoms with Crippen LogP contribution in [0, 0.1) is 17.5 Å². The van der Waals surface area contributed by atoms with Gasteiger partial charge in [0.2, 0.25) is 0 Å².